The molecule has 0 bridgehead atoms. The van der Waals surface area contributed by atoms with Crippen molar-refractivity contribution in [2.75, 3.05) is 39.4 Å². The molecule has 2 atom stereocenters. The van der Waals surface area contributed by atoms with Crippen LogP contribution < -0.4 is 5.32 Å². The predicted molar refractivity (Wildman–Crippen MR) is 70.7 cm³/mol. The molecular weight excluding hydrogens is 230 g/mol. The number of nitrogens with zero attached hydrogens (tertiary/aromatic N) is 2. The number of morpholine rings is 1. The van der Waals surface area contributed by atoms with Crippen molar-refractivity contribution in [2.24, 2.45) is 0 Å². The van der Waals surface area contributed by atoms with Gasteiger partial charge >= 0.3 is 6.03 Å². The summed E-state index contributed by atoms with van der Waals surface area (Å²) in [6, 6.07) is 0.978. The summed E-state index contributed by atoms with van der Waals surface area (Å²) in [6.45, 7) is 8.89. The first-order valence-corrected chi connectivity index (χ1v) is 7.13. The fourth-order valence-electron chi connectivity index (χ4n) is 2.67. The van der Waals surface area contributed by atoms with Crippen LogP contribution in [0.25, 0.3) is 0 Å². The van der Waals surface area contributed by atoms with Crippen molar-refractivity contribution in [3.63, 3.8) is 0 Å². The maximum atomic E-state index is 12.6. The molecule has 5 nitrogen and oxygen atoms in total. The van der Waals surface area contributed by atoms with Gasteiger partial charge in [0.05, 0.1) is 13.2 Å². The largest absolute Gasteiger partial charge is 0.378 e. The van der Waals surface area contributed by atoms with E-state index in [0.29, 0.717) is 25.3 Å². The van der Waals surface area contributed by atoms with Crippen LogP contribution in [0.15, 0.2) is 0 Å². The van der Waals surface area contributed by atoms with Gasteiger partial charge in [0.25, 0.3) is 0 Å². The number of amides is 2. The van der Waals surface area contributed by atoms with Crippen LogP contribution in [0.4, 0.5) is 4.79 Å². The van der Waals surface area contributed by atoms with Crippen molar-refractivity contribution in [3.05, 3.63) is 0 Å². The van der Waals surface area contributed by atoms with E-state index in [0.717, 1.165) is 39.0 Å². The number of urea groups is 1. The molecular formula is C13H25N3O2. The van der Waals surface area contributed by atoms with Gasteiger partial charge in [0, 0.05) is 38.3 Å². The first kappa shape index (κ1) is 13.6. The Morgan fingerprint density at radius 2 is 2.00 bits per heavy atom. The highest BCUT2D eigenvalue weighted by Crippen LogP contribution is 2.15. The van der Waals surface area contributed by atoms with Gasteiger partial charge in [-0.2, -0.15) is 0 Å². The van der Waals surface area contributed by atoms with E-state index < -0.39 is 0 Å². The molecule has 0 radical (unpaired) electrons. The van der Waals surface area contributed by atoms with Crippen LogP contribution >= 0.6 is 0 Å². The topological polar surface area (TPSA) is 44.8 Å². The molecule has 2 rings (SSSR count). The molecule has 2 saturated heterocycles. The highest BCUT2D eigenvalue weighted by molar-refractivity contribution is 5.75. The Morgan fingerprint density at radius 3 is 2.61 bits per heavy atom. The normalized spacial score (nSPS) is 29.4. The first-order valence-electron chi connectivity index (χ1n) is 7.13. The fourth-order valence-corrected chi connectivity index (χ4v) is 2.67. The molecule has 5 heteroatoms. The molecule has 1 N–H and O–H groups in total. The van der Waals surface area contributed by atoms with Gasteiger partial charge in [0.15, 0.2) is 0 Å². The summed E-state index contributed by atoms with van der Waals surface area (Å²) in [5, 5.41) is 3.52. The predicted octanol–water partition coefficient (Wildman–Crippen LogP) is 0.901. The summed E-state index contributed by atoms with van der Waals surface area (Å²) in [6.07, 6.45) is 2.09. The average molecular weight is 255 g/mol. The minimum atomic E-state index is 0.199. The summed E-state index contributed by atoms with van der Waals surface area (Å²) >= 11 is 0. The molecule has 0 spiro atoms. The van der Waals surface area contributed by atoms with Crippen LogP contribution in [0.3, 0.4) is 0 Å². The van der Waals surface area contributed by atoms with Crippen LogP contribution in [-0.2, 0) is 4.74 Å². The summed E-state index contributed by atoms with van der Waals surface area (Å²) < 4.78 is 5.31. The molecule has 2 aliphatic rings. The second kappa shape index (κ2) is 6.38. The van der Waals surface area contributed by atoms with Crippen molar-refractivity contribution >= 4 is 6.03 Å². The number of carbonyl (C=O) groups is 1. The SMILES string of the molecule is CCC1CN(C(=O)N2CCOCC2)C(CC)CN1. The lowest BCUT2D eigenvalue weighted by molar-refractivity contribution is 0.0337. The van der Waals surface area contributed by atoms with Gasteiger partial charge in [-0.15, -0.1) is 0 Å². The van der Waals surface area contributed by atoms with E-state index in [1.165, 1.54) is 0 Å². The third-order valence-corrected chi connectivity index (χ3v) is 3.99. The molecule has 2 amide bonds. The zero-order valence-corrected chi connectivity index (χ0v) is 11.5. The van der Waals surface area contributed by atoms with E-state index >= 15 is 0 Å². The van der Waals surface area contributed by atoms with Crippen LogP contribution in [-0.4, -0.2) is 67.3 Å². The number of hydrogen-bond acceptors (Lipinski definition) is 3. The Labute approximate surface area is 109 Å². The number of hydrogen-bond donors (Lipinski definition) is 1. The lowest BCUT2D eigenvalue weighted by atomic mass is 10.1. The third kappa shape index (κ3) is 2.95. The van der Waals surface area contributed by atoms with E-state index in [2.05, 4.69) is 24.1 Å². The maximum Gasteiger partial charge on any atom is 0.320 e. The molecule has 0 aliphatic carbocycles. The number of ether oxygens (including phenoxy) is 1. The Bertz CT molecular complexity index is 279. The van der Waals surface area contributed by atoms with Gasteiger partial charge < -0.3 is 19.9 Å². The van der Waals surface area contributed by atoms with Gasteiger partial charge in [-0.3, -0.25) is 0 Å². The van der Waals surface area contributed by atoms with Gasteiger partial charge in [-0.05, 0) is 12.8 Å². The van der Waals surface area contributed by atoms with E-state index in [-0.39, 0.29) is 6.03 Å². The van der Waals surface area contributed by atoms with Gasteiger partial charge in [0.1, 0.15) is 0 Å². The second-order valence-electron chi connectivity index (χ2n) is 5.11. The summed E-state index contributed by atoms with van der Waals surface area (Å²) in [7, 11) is 0. The summed E-state index contributed by atoms with van der Waals surface area (Å²) in [5.74, 6) is 0. The highest BCUT2D eigenvalue weighted by atomic mass is 16.5. The van der Waals surface area contributed by atoms with Crippen molar-refractivity contribution < 1.29 is 9.53 Å². The lowest BCUT2D eigenvalue weighted by Gasteiger charge is -2.43. The van der Waals surface area contributed by atoms with E-state index in [1.54, 1.807) is 0 Å². The minimum Gasteiger partial charge on any atom is -0.378 e. The Hall–Kier alpha value is -0.810. The first-order chi connectivity index (χ1) is 8.76. The zero-order valence-electron chi connectivity index (χ0n) is 11.5. The second-order valence-corrected chi connectivity index (χ2v) is 5.11. The molecule has 2 aliphatic heterocycles. The fraction of sp³-hybridized carbons (Fsp3) is 0.923. The van der Waals surface area contributed by atoms with Gasteiger partial charge in [-0.25, -0.2) is 4.79 Å². The quantitative estimate of drug-likeness (QED) is 0.797. The summed E-state index contributed by atoms with van der Waals surface area (Å²) in [4.78, 5) is 16.6. The third-order valence-electron chi connectivity index (χ3n) is 3.99. The van der Waals surface area contributed by atoms with Crippen LogP contribution in [0.2, 0.25) is 0 Å². The van der Waals surface area contributed by atoms with Crippen LogP contribution in [0.5, 0.6) is 0 Å². The molecule has 104 valence electrons. The standard InChI is InChI=1S/C13H25N3O2/c1-3-11-10-16(12(4-2)9-14-11)13(17)15-5-7-18-8-6-15/h11-12,14H,3-10H2,1-2H3. The summed E-state index contributed by atoms with van der Waals surface area (Å²) in [5.41, 5.74) is 0. The van der Waals surface area contributed by atoms with E-state index in [4.69, 9.17) is 4.74 Å². The molecule has 2 unspecified atom stereocenters. The van der Waals surface area contributed by atoms with Crippen LogP contribution in [0, 0.1) is 0 Å². The van der Waals surface area contributed by atoms with Crippen LogP contribution in [0.1, 0.15) is 26.7 Å². The minimum absolute atomic E-state index is 0.199. The Morgan fingerprint density at radius 1 is 1.28 bits per heavy atom. The van der Waals surface area contributed by atoms with Gasteiger partial charge in [0.2, 0.25) is 0 Å². The Kier molecular flexibility index (Phi) is 4.83. The molecule has 18 heavy (non-hydrogen) atoms. The number of nitrogens with one attached hydrogen (secondary N) is 1. The monoisotopic (exact) mass is 255 g/mol. The molecule has 0 saturated carbocycles. The smallest absolute Gasteiger partial charge is 0.320 e. The van der Waals surface area contributed by atoms with Crippen molar-refractivity contribution in [3.8, 4) is 0 Å². The molecule has 2 heterocycles. The molecule has 0 aromatic carbocycles. The maximum absolute atomic E-state index is 12.6. The highest BCUT2D eigenvalue weighted by Gasteiger charge is 2.32. The lowest BCUT2D eigenvalue weighted by Crippen LogP contribution is -2.61. The molecule has 2 fully saturated rings. The average Bonchev–Trinajstić information content (AvgIpc) is 2.46. The van der Waals surface area contributed by atoms with Crippen molar-refractivity contribution in [2.45, 2.75) is 38.8 Å². The molecule has 0 aromatic heterocycles. The Balaban J connectivity index is 1.99. The molecule has 0 aromatic rings. The zero-order chi connectivity index (χ0) is 13.0. The number of carbonyl (C=O) groups excluding carboxylic acids is 1. The van der Waals surface area contributed by atoms with E-state index in [9.17, 15) is 4.79 Å². The number of piperazine rings is 1. The van der Waals surface area contributed by atoms with Crippen molar-refractivity contribution in [1.29, 1.82) is 0 Å². The van der Waals surface area contributed by atoms with Gasteiger partial charge in [-0.1, -0.05) is 13.8 Å². The van der Waals surface area contributed by atoms with Crippen molar-refractivity contribution in [1.82, 2.24) is 15.1 Å². The number of rotatable bonds is 2. The van der Waals surface area contributed by atoms with E-state index in [1.807, 2.05) is 4.90 Å².